The number of furan rings is 1. The maximum Gasteiger partial charge on any atom is 0.335 e. The number of carboxylic acid groups (broad SMARTS) is 1. The molecule has 1 aromatic heterocycles. The highest BCUT2D eigenvalue weighted by Gasteiger charge is 2.35. The molecule has 0 spiro atoms. The third-order valence-electron chi connectivity index (χ3n) is 5.68. The number of hydrogen-bond acceptors (Lipinski definition) is 5. The smallest absolute Gasteiger partial charge is 0.335 e. The maximum atomic E-state index is 12.8. The van der Waals surface area contributed by atoms with Crippen LogP contribution in [0.5, 0.6) is 0 Å². The predicted molar refractivity (Wildman–Crippen MR) is 129 cm³/mol. The Morgan fingerprint density at radius 2 is 1.86 bits per heavy atom. The fraction of sp³-hybridized carbons (Fsp3) is 0.154. The highest BCUT2D eigenvalue weighted by Crippen LogP contribution is 2.28. The summed E-state index contributed by atoms with van der Waals surface area (Å²) in [7, 11) is 0. The number of para-hydroxylation sites is 1. The fourth-order valence-corrected chi connectivity index (χ4v) is 3.85. The summed E-state index contributed by atoms with van der Waals surface area (Å²) < 4.78 is 5.78. The van der Waals surface area contributed by atoms with Gasteiger partial charge in [-0.25, -0.2) is 14.5 Å². The number of amides is 4. The second-order valence-electron chi connectivity index (χ2n) is 7.92. The normalized spacial score (nSPS) is 14.3. The second kappa shape index (κ2) is 9.68. The Morgan fingerprint density at radius 3 is 2.60 bits per heavy atom. The molecule has 0 saturated carbocycles. The van der Waals surface area contributed by atoms with E-state index in [1.165, 1.54) is 12.1 Å². The van der Waals surface area contributed by atoms with Crippen LogP contribution in [0.15, 0.2) is 64.7 Å². The summed E-state index contributed by atoms with van der Waals surface area (Å²) in [5, 5.41) is 14.5. The van der Waals surface area contributed by atoms with E-state index in [0.29, 0.717) is 22.6 Å². The number of aromatic carboxylic acids is 1. The topological polar surface area (TPSA) is 129 Å². The summed E-state index contributed by atoms with van der Waals surface area (Å²) in [6.07, 6.45) is 2.09. The monoisotopic (exact) mass is 473 g/mol. The lowest BCUT2D eigenvalue weighted by Crippen LogP contribution is -2.38. The Bertz CT molecular complexity index is 1370. The molecule has 0 unspecified atom stereocenters. The molecule has 1 aliphatic heterocycles. The quantitative estimate of drug-likeness (QED) is 0.351. The highest BCUT2D eigenvalue weighted by atomic mass is 16.4. The van der Waals surface area contributed by atoms with E-state index in [1.54, 1.807) is 43.3 Å². The molecule has 3 aromatic rings. The lowest BCUT2D eigenvalue weighted by Gasteiger charge is -2.13. The molecule has 2 heterocycles. The van der Waals surface area contributed by atoms with Gasteiger partial charge >= 0.3 is 12.0 Å². The summed E-state index contributed by atoms with van der Waals surface area (Å²) in [6.45, 7) is 3.20. The van der Waals surface area contributed by atoms with Gasteiger partial charge in [-0.3, -0.25) is 9.59 Å². The summed E-state index contributed by atoms with van der Waals surface area (Å²) in [4.78, 5) is 49.8. The molecule has 0 bridgehead atoms. The van der Waals surface area contributed by atoms with E-state index in [-0.39, 0.29) is 17.0 Å². The van der Waals surface area contributed by atoms with Gasteiger partial charge in [0.05, 0.1) is 5.56 Å². The largest absolute Gasteiger partial charge is 0.478 e. The number of benzene rings is 2. The minimum Gasteiger partial charge on any atom is -0.478 e. The van der Waals surface area contributed by atoms with Crippen LogP contribution in [0.1, 0.15) is 34.2 Å². The first kappa shape index (κ1) is 23.5. The summed E-state index contributed by atoms with van der Waals surface area (Å²) >= 11 is 0. The Balaban J connectivity index is 1.49. The lowest BCUT2D eigenvalue weighted by molar-refractivity contribution is -0.127. The molecule has 4 amide bonds. The van der Waals surface area contributed by atoms with Crippen LogP contribution in [-0.4, -0.2) is 40.4 Å². The molecular weight excluding hydrogens is 450 g/mol. The van der Waals surface area contributed by atoms with Gasteiger partial charge in [0, 0.05) is 17.3 Å². The van der Waals surface area contributed by atoms with Crippen molar-refractivity contribution in [3.05, 3.63) is 82.7 Å². The van der Waals surface area contributed by atoms with Crippen LogP contribution in [0, 0.1) is 6.92 Å². The van der Waals surface area contributed by atoms with Crippen molar-refractivity contribution in [1.29, 1.82) is 0 Å². The molecule has 0 radical (unpaired) electrons. The lowest BCUT2D eigenvalue weighted by atomic mass is 10.0. The standard InChI is InChI=1S/C26H23N3O6/c1-3-16-7-4-5-10-20(16)27-23(30)14-29-24(31)21(28-26(29)34)13-17-11-12-22(35-17)18-8-6-9-19(15(18)2)25(32)33/h4-13H,3,14H2,1-2H3,(H,27,30)(H,28,34)(H,32,33)/b21-13+. The van der Waals surface area contributed by atoms with Gasteiger partial charge in [0.25, 0.3) is 5.91 Å². The molecule has 9 nitrogen and oxygen atoms in total. The molecule has 1 fully saturated rings. The van der Waals surface area contributed by atoms with Crippen molar-refractivity contribution in [2.24, 2.45) is 0 Å². The minimum atomic E-state index is -1.04. The summed E-state index contributed by atoms with van der Waals surface area (Å²) in [6, 6.07) is 14.7. The number of carboxylic acids is 1. The molecule has 0 atom stereocenters. The number of carbonyl (C=O) groups is 4. The van der Waals surface area contributed by atoms with E-state index in [2.05, 4.69) is 10.6 Å². The SMILES string of the molecule is CCc1ccccc1NC(=O)CN1C(=O)N/C(=C/c2ccc(-c3cccc(C(=O)O)c3C)o2)C1=O. The molecular formula is C26H23N3O6. The Labute approximate surface area is 201 Å². The molecule has 2 aromatic carbocycles. The van der Waals surface area contributed by atoms with Crippen molar-refractivity contribution in [1.82, 2.24) is 10.2 Å². The first-order valence-corrected chi connectivity index (χ1v) is 10.9. The van der Waals surface area contributed by atoms with Crippen molar-refractivity contribution < 1.29 is 28.7 Å². The van der Waals surface area contributed by atoms with E-state index in [1.807, 2.05) is 19.1 Å². The van der Waals surface area contributed by atoms with E-state index in [0.717, 1.165) is 16.9 Å². The van der Waals surface area contributed by atoms with Crippen molar-refractivity contribution >= 4 is 35.6 Å². The molecule has 4 rings (SSSR count). The van der Waals surface area contributed by atoms with Crippen LogP contribution < -0.4 is 10.6 Å². The zero-order valence-corrected chi connectivity index (χ0v) is 19.1. The first-order valence-electron chi connectivity index (χ1n) is 10.9. The van der Waals surface area contributed by atoms with Gasteiger partial charge in [-0.15, -0.1) is 0 Å². The third-order valence-corrected chi connectivity index (χ3v) is 5.68. The van der Waals surface area contributed by atoms with Crippen molar-refractivity contribution in [2.45, 2.75) is 20.3 Å². The van der Waals surface area contributed by atoms with Gasteiger partial charge < -0.3 is 20.2 Å². The molecule has 178 valence electrons. The highest BCUT2D eigenvalue weighted by molar-refractivity contribution is 6.15. The van der Waals surface area contributed by atoms with Crippen LogP contribution in [-0.2, 0) is 16.0 Å². The van der Waals surface area contributed by atoms with Gasteiger partial charge in [-0.2, -0.15) is 0 Å². The number of hydrogen-bond donors (Lipinski definition) is 3. The first-order chi connectivity index (χ1) is 16.8. The van der Waals surface area contributed by atoms with Gasteiger partial charge in [-0.05, 0) is 48.7 Å². The van der Waals surface area contributed by atoms with Gasteiger partial charge in [-0.1, -0.05) is 37.3 Å². The van der Waals surface area contributed by atoms with Gasteiger partial charge in [0.15, 0.2) is 0 Å². The summed E-state index contributed by atoms with van der Waals surface area (Å²) in [5.74, 6) is -1.49. The number of nitrogens with zero attached hydrogens (tertiary/aromatic N) is 1. The Morgan fingerprint density at radius 1 is 1.09 bits per heavy atom. The van der Waals surface area contributed by atoms with E-state index >= 15 is 0 Å². The van der Waals surface area contributed by atoms with Crippen LogP contribution in [0.3, 0.4) is 0 Å². The molecule has 3 N–H and O–H groups in total. The number of carbonyl (C=O) groups excluding carboxylic acids is 3. The van der Waals surface area contributed by atoms with Gasteiger partial charge in [0.1, 0.15) is 23.8 Å². The van der Waals surface area contributed by atoms with Crippen LogP contribution in [0.2, 0.25) is 0 Å². The predicted octanol–water partition coefficient (Wildman–Crippen LogP) is 4.05. The van der Waals surface area contributed by atoms with E-state index < -0.39 is 30.4 Å². The van der Waals surface area contributed by atoms with Gasteiger partial charge in [0.2, 0.25) is 5.91 Å². The number of nitrogens with one attached hydrogen (secondary N) is 2. The number of rotatable bonds is 7. The molecule has 1 aliphatic rings. The van der Waals surface area contributed by atoms with Crippen LogP contribution in [0.25, 0.3) is 17.4 Å². The number of urea groups is 1. The van der Waals surface area contributed by atoms with Crippen molar-refractivity contribution in [3.63, 3.8) is 0 Å². The molecule has 35 heavy (non-hydrogen) atoms. The number of aryl methyl sites for hydroxylation is 1. The molecule has 9 heteroatoms. The fourth-order valence-electron chi connectivity index (χ4n) is 3.85. The number of imide groups is 1. The molecule has 1 saturated heterocycles. The van der Waals surface area contributed by atoms with Crippen LogP contribution >= 0.6 is 0 Å². The summed E-state index contributed by atoms with van der Waals surface area (Å²) in [5.41, 5.74) is 2.84. The van der Waals surface area contributed by atoms with Crippen molar-refractivity contribution in [3.8, 4) is 11.3 Å². The zero-order chi connectivity index (χ0) is 25.1. The van der Waals surface area contributed by atoms with Crippen LogP contribution in [0.4, 0.5) is 10.5 Å². The van der Waals surface area contributed by atoms with E-state index in [4.69, 9.17) is 4.42 Å². The van der Waals surface area contributed by atoms with Crippen molar-refractivity contribution in [2.75, 3.05) is 11.9 Å². The Kier molecular flexibility index (Phi) is 6.50. The minimum absolute atomic E-state index is 0.0336. The zero-order valence-electron chi connectivity index (χ0n) is 19.1. The maximum absolute atomic E-state index is 12.8. The average molecular weight is 473 g/mol. The average Bonchev–Trinajstić information content (AvgIpc) is 3.39. The third kappa shape index (κ3) is 4.84. The van der Waals surface area contributed by atoms with E-state index in [9.17, 15) is 24.3 Å². The second-order valence-corrected chi connectivity index (χ2v) is 7.92. The Hall–Kier alpha value is -4.66. The number of anilines is 1. The molecule has 0 aliphatic carbocycles.